The van der Waals surface area contributed by atoms with Gasteiger partial charge in [0.1, 0.15) is 6.61 Å². The standard InChI is InChI=1S/C23H35FN8O3/c1-15(2)18-11-26-32-19(18)29-20(27-17-5-9-34-10-6-17)30-21(32)28-16-3-7-31(8-4-16)22(33)35-14-23(24)12-25-13-23/h11,15-17,25H,3-10,12-14H2,1-2H3,(H2,27,28,29,30). The van der Waals surface area contributed by atoms with Crippen molar-refractivity contribution in [1.82, 2.24) is 29.8 Å². The number of amides is 1. The lowest BCUT2D eigenvalue weighted by Gasteiger charge is -2.36. The third-order valence-corrected chi connectivity index (χ3v) is 7.00. The van der Waals surface area contributed by atoms with Crippen LogP contribution in [0.15, 0.2) is 6.20 Å². The van der Waals surface area contributed by atoms with E-state index in [-0.39, 0.29) is 37.7 Å². The molecule has 3 N–H and O–H groups in total. The summed E-state index contributed by atoms with van der Waals surface area (Å²) in [6, 6.07) is 0.390. The first-order valence-corrected chi connectivity index (χ1v) is 12.6. The van der Waals surface area contributed by atoms with Crippen LogP contribution in [0.1, 0.15) is 51.0 Å². The number of carbonyl (C=O) groups is 1. The van der Waals surface area contributed by atoms with Crippen LogP contribution in [-0.2, 0) is 9.47 Å². The van der Waals surface area contributed by atoms with E-state index in [2.05, 4.69) is 34.9 Å². The summed E-state index contributed by atoms with van der Waals surface area (Å²) >= 11 is 0. The number of hydrogen-bond donors (Lipinski definition) is 3. The molecule has 192 valence electrons. The number of nitrogens with one attached hydrogen (secondary N) is 3. The maximum Gasteiger partial charge on any atom is 0.409 e. The molecule has 1 amide bonds. The topological polar surface area (TPSA) is 118 Å². The van der Waals surface area contributed by atoms with Crippen LogP contribution < -0.4 is 16.0 Å². The van der Waals surface area contributed by atoms with Crippen LogP contribution in [0.4, 0.5) is 21.1 Å². The SMILES string of the molecule is CC(C)c1cnn2c(NC3CCN(C(=O)OCC4(F)CNC4)CC3)nc(NC3CCOCC3)nc12. The Bertz CT molecular complexity index is 1030. The molecule has 3 aliphatic rings. The fourth-order valence-electron chi connectivity index (χ4n) is 4.65. The highest BCUT2D eigenvalue weighted by Crippen LogP contribution is 2.25. The fourth-order valence-corrected chi connectivity index (χ4v) is 4.65. The summed E-state index contributed by atoms with van der Waals surface area (Å²) in [5, 5.41) is 14.4. The Morgan fingerprint density at radius 3 is 2.57 bits per heavy atom. The summed E-state index contributed by atoms with van der Waals surface area (Å²) in [7, 11) is 0. The first-order valence-electron chi connectivity index (χ1n) is 12.6. The van der Waals surface area contributed by atoms with Crippen molar-refractivity contribution in [3.05, 3.63) is 11.8 Å². The average Bonchev–Trinajstić information content (AvgIpc) is 3.27. The number of halogens is 1. The van der Waals surface area contributed by atoms with E-state index in [1.807, 2.05) is 6.20 Å². The molecule has 0 radical (unpaired) electrons. The maximum atomic E-state index is 14.1. The number of hydrogen-bond acceptors (Lipinski definition) is 9. The maximum absolute atomic E-state index is 14.1. The molecule has 0 unspecified atom stereocenters. The van der Waals surface area contributed by atoms with Crippen molar-refractivity contribution in [2.75, 3.05) is 56.6 Å². The van der Waals surface area contributed by atoms with E-state index in [1.54, 1.807) is 9.42 Å². The number of piperidine rings is 1. The second-order valence-electron chi connectivity index (χ2n) is 10.1. The number of nitrogens with zero attached hydrogens (tertiary/aromatic N) is 5. The summed E-state index contributed by atoms with van der Waals surface area (Å²) < 4.78 is 26.5. The quantitative estimate of drug-likeness (QED) is 0.537. The Labute approximate surface area is 204 Å². The summed E-state index contributed by atoms with van der Waals surface area (Å²) in [5.41, 5.74) is 0.428. The van der Waals surface area contributed by atoms with Crippen LogP contribution in [0.5, 0.6) is 0 Å². The van der Waals surface area contributed by atoms with E-state index in [0.29, 0.717) is 25.0 Å². The van der Waals surface area contributed by atoms with Gasteiger partial charge in [0, 0.05) is 57.0 Å². The molecule has 3 fully saturated rings. The molecule has 11 nitrogen and oxygen atoms in total. The molecule has 5 rings (SSSR count). The molecule has 2 aromatic heterocycles. The summed E-state index contributed by atoms with van der Waals surface area (Å²) in [4.78, 5) is 23.6. The zero-order chi connectivity index (χ0) is 24.4. The average molecular weight is 491 g/mol. The van der Waals surface area contributed by atoms with Crippen molar-refractivity contribution in [2.45, 2.75) is 63.2 Å². The molecular formula is C23H35FN8O3. The van der Waals surface area contributed by atoms with E-state index < -0.39 is 11.8 Å². The van der Waals surface area contributed by atoms with Gasteiger partial charge in [-0.1, -0.05) is 13.8 Å². The van der Waals surface area contributed by atoms with E-state index >= 15 is 0 Å². The molecule has 2 aromatic rings. The van der Waals surface area contributed by atoms with Crippen LogP contribution in [0.25, 0.3) is 5.65 Å². The minimum atomic E-state index is -1.43. The van der Waals surface area contributed by atoms with Gasteiger partial charge in [-0.15, -0.1) is 0 Å². The molecule has 3 saturated heterocycles. The van der Waals surface area contributed by atoms with Gasteiger partial charge in [-0.25, -0.2) is 9.18 Å². The first kappa shape index (κ1) is 24.0. The Kier molecular flexibility index (Phi) is 6.92. The Morgan fingerprint density at radius 2 is 1.91 bits per heavy atom. The summed E-state index contributed by atoms with van der Waals surface area (Å²) in [6.07, 6.45) is 4.69. The van der Waals surface area contributed by atoms with Gasteiger partial charge in [0.2, 0.25) is 11.9 Å². The van der Waals surface area contributed by atoms with Crippen molar-refractivity contribution in [1.29, 1.82) is 0 Å². The molecular weight excluding hydrogens is 455 g/mol. The van der Waals surface area contributed by atoms with Gasteiger partial charge in [0.05, 0.1) is 6.20 Å². The molecule has 0 spiro atoms. The lowest BCUT2D eigenvalue weighted by atomic mass is 10.0. The second-order valence-corrected chi connectivity index (χ2v) is 10.1. The van der Waals surface area contributed by atoms with Gasteiger partial charge in [-0.05, 0) is 31.6 Å². The molecule has 0 saturated carbocycles. The largest absolute Gasteiger partial charge is 0.446 e. The summed E-state index contributed by atoms with van der Waals surface area (Å²) in [6.45, 7) is 7.05. The van der Waals surface area contributed by atoms with Gasteiger partial charge in [0.15, 0.2) is 11.3 Å². The van der Waals surface area contributed by atoms with Gasteiger partial charge >= 0.3 is 6.09 Å². The monoisotopic (exact) mass is 490 g/mol. The molecule has 0 aromatic carbocycles. The highest BCUT2D eigenvalue weighted by molar-refractivity contribution is 5.68. The predicted molar refractivity (Wildman–Crippen MR) is 129 cm³/mol. The smallest absolute Gasteiger partial charge is 0.409 e. The Hall–Kier alpha value is -2.73. The molecule has 0 atom stereocenters. The van der Waals surface area contributed by atoms with Crippen LogP contribution in [0.2, 0.25) is 0 Å². The molecule has 0 aliphatic carbocycles. The van der Waals surface area contributed by atoms with Gasteiger partial charge < -0.3 is 30.3 Å². The lowest BCUT2D eigenvalue weighted by molar-refractivity contribution is -0.00162. The second kappa shape index (κ2) is 10.1. The highest BCUT2D eigenvalue weighted by atomic mass is 19.1. The van der Waals surface area contributed by atoms with Crippen LogP contribution >= 0.6 is 0 Å². The molecule has 0 bridgehead atoms. The molecule has 35 heavy (non-hydrogen) atoms. The van der Waals surface area contributed by atoms with Crippen LogP contribution in [0.3, 0.4) is 0 Å². The number of ether oxygens (including phenoxy) is 2. The van der Waals surface area contributed by atoms with Crippen molar-refractivity contribution in [3.63, 3.8) is 0 Å². The summed E-state index contributed by atoms with van der Waals surface area (Å²) in [5.74, 6) is 1.50. The van der Waals surface area contributed by atoms with Crippen molar-refractivity contribution >= 4 is 23.6 Å². The number of aromatic nitrogens is 4. The van der Waals surface area contributed by atoms with E-state index in [4.69, 9.17) is 19.4 Å². The van der Waals surface area contributed by atoms with E-state index in [9.17, 15) is 9.18 Å². The molecule has 3 aliphatic heterocycles. The number of carbonyl (C=O) groups excluding carboxylic acids is 1. The number of alkyl halides is 1. The molecule has 5 heterocycles. The van der Waals surface area contributed by atoms with Crippen LogP contribution in [-0.4, -0.2) is 94.3 Å². The van der Waals surface area contributed by atoms with E-state index in [1.165, 1.54) is 0 Å². The van der Waals surface area contributed by atoms with Gasteiger partial charge in [-0.3, -0.25) is 0 Å². The minimum Gasteiger partial charge on any atom is -0.446 e. The highest BCUT2D eigenvalue weighted by Gasteiger charge is 2.39. The fraction of sp³-hybridized carbons (Fsp3) is 0.739. The van der Waals surface area contributed by atoms with Gasteiger partial charge in [0.25, 0.3) is 0 Å². The Morgan fingerprint density at radius 1 is 1.20 bits per heavy atom. The van der Waals surface area contributed by atoms with E-state index in [0.717, 1.165) is 50.1 Å². The first-order chi connectivity index (χ1) is 16.9. The predicted octanol–water partition coefficient (Wildman–Crippen LogP) is 2.16. The van der Waals surface area contributed by atoms with Crippen LogP contribution in [0, 0.1) is 0 Å². The van der Waals surface area contributed by atoms with Crippen molar-refractivity contribution in [2.24, 2.45) is 0 Å². The minimum absolute atomic E-state index is 0.114. The molecule has 12 heteroatoms. The third-order valence-electron chi connectivity index (χ3n) is 7.00. The zero-order valence-electron chi connectivity index (χ0n) is 20.4. The zero-order valence-corrected chi connectivity index (χ0v) is 20.4. The van der Waals surface area contributed by atoms with Crippen molar-refractivity contribution < 1.29 is 18.7 Å². The van der Waals surface area contributed by atoms with Crippen molar-refractivity contribution in [3.8, 4) is 0 Å². The lowest BCUT2D eigenvalue weighted by Crippen LogP contribution is -2.59. The number of fused-ring (bicyclic) bond motifs is 1. The van der Waals surface area contributed by atoms with Gasteiger partial charge in [-0.2, -0.15) is 19.6 Å². The normalized spacial score (nSPS) is 21.2. The number of anilines is 2. The third kappa shape index (κ3) is 5.43. The number of likely N-dealkylation sites (tertiary alicyclic amines) is 1. The Balaban J connectivity index is 1.24. The number of rotatable bonds is 7.